The van der Waals surface area contributed by atoms with Gasteiger partial charge >= 0.3 is 0 Å². The van der Waals surface area contributed by atoms with Gasteiger partial charge in [-0.1, -0.05) is 30.3 Å². The maximum Gasteiger partial charge on any atom is 0.128 e. The molecule has 104 valence electrons. The summed E-state index contributed by atoms with van der Waals surface area (Å²) in [5.74, 6) is 1.06. The van der Waals surface area contributed by atoms with Crippen LogP contribution in [0.25, 0.3) is 0 Å². The van der Waals surface area contributed by atoms with Gasteiger partial charge in [0.2, 0.25) is 0 Å². The maximum atomic E-state index is 5.87. The first-order valence-electron chi connectivity index (χ1n) is 7.27. The van der Waals surface area contributed by atoms with Crippen LogP contribution in [0.15, 0.2) is 42.6 Å². The van der Waals surface area contributed by atoms with Gasteiger partial charge in [0.1, 0.15) is 5.82 Å². The first-order chi connectivity index (χ1) is 9.74. The second-order valence-corrected chi connectivity index (χ2v) is 5.49. The number of benzene rings is 1. The summed E-state index contributed by atoms with van der Waals surface area (Å²) < 4.78 is 0. The van der Waals surface area contributed by atoms with Crippen LogP contribution in [0, 0.1) is 0 Å². The molecule has 1 aliphatic heterocycles. The number of pyridine rings is 1. The number of fused-ring (bicyclic) bond motifs is 1. The number of nitrogens with two attached hydrogens (primary N) is 1. The Morgan fingerprint density at radius 2 is 1.70 bits per heavy atom. The maximum absolute atomic E-state index is 5.87. The first-order valence-corrected chi connectivity index (χ1v) is 7.27. The summed E-state index contributed by atoms with van der Waals surface area (Å²) in [4.78, 5) is 6.94. The van der Waals surface area contributed by atoms with Crippen molar-refractivity contribution in [2.24, 2.45) is 5.73 Å². The van der Waals surface area contributed by atoms with Crippen LogP contribution in [0.2, 0.25) is 0 Å². The van der Waals surface area contributed by atoms with Crippen LogP contribution < -0.4 is 10.6 Å². The van der Waals surface area contributed by atoms with Gasteiger partial charge in [0.05, 0.1) is 0 Å². The van der Waals surface area contributed by atoms with Gasteiger partial charge in [0, 0.05) is 25.3 Å². The Morgan fingerprint density at radius 3 is 2.20 bits per heavy atom. The minimum Gasteiger partial charge on any atom is -0.356 e. The highest BCUT2D eigenvalue weighted by atomic mass is 15.2. The molecule has 3 heteroatoms. The van der Waals surface area contributed by atoms with Crippen molar-refractivity contribution in [2.75, 3.05) is 18.0 Å². The minimum atomic E-state index is 0.0462. The number of hydrogen-bond donors (Lipinski definition) is 1. The van der Waals surface area contributed by atoms with Crippen molar-refractivity contribution in [1.29, 1.82) is 0 Å². The summed E-state index contributed by atoms with van der Waals surface area (Å²) >= 11 is 0. The van der Waals surface area contributed by atoms with Gasteiger partial charge in [-0.2, -0.15) is 0 Å². The summed E-state index contributed by atoms with van der Waals surface area (Å²) in [6.07, 6.45) is 4.08. The van der Waals surface area contributed by atoms with Crippen LogP contribution in [0.5, 0.6) is 0 Å². The highest BCUT2D eigenvalue weighted by Gasteiger charge is 2.14. The lowest BCUT2D eigenvalue weighted by Gasteiger charge is -2.21. The third-order valence-corrected chi connectivity index (χ3v) is 4.04. The zero-order chi connectivity index (χ0) is 13.9. The lowest BCUT2D eigenvalue weighted by Crippen LogP contribution is -2.26. The zero-order valence-electron chi connectivity index (χ0n) is 11.9. The average molecular weight is 267 g/mol. The Bertz CT molecular complexity index is 548. The highest BCUT2D eigenvalue weighted by molar-refractivity contribution is 5.42. The number of aromatic nitrogens is 1. The predicted octanol–water partition coefficient (Wildman–Crippen LogP) is 2.71. The monoisotopic (exact) mass is 267 g/mol. The van der Waals surface area contributed by atoms with Crippen LogP contribution in [0.1, 0.15) is 29.7 Å². The molecule has 2 heterocycles. The molecular weight excluding hydrogens is 246 g/mol. The molecule has 0 radical (unpaired) electrons. The van der Waals surface area contributed by atoms with E-state index in [0.29, 0.717) is 0 Å². The molecule has 0 aliphatic carbocycles. The van der Waals surface area contributed by atoms with Crippen molar-refractivity contribution in [3.63, 3.8) is 0 Å². The van der Waals surface area contributed by atoms with Crippen molar-refractivity contribution in [1.82, 2.24) is 4.98 Å². The smallest absolute Gasteiger partial charge is 0.128 e. The summed E-state index contributed by atoms with van der Waals surface area (Å²) in [5, 5.41) is 0. The third-order valence-electron chi connectivity index (χ3n) is 4.04. The van der Waals surface area contributed by atoms with Crippen molar-refractivity contribution >= 4 is 5.82 Å². The van der Waals surface area contributed by atoms with E-state index in [2.05, 4.69) is 46.3 Å². The van der Waals surface area contributed by atoms with Crippen LogP contribution in [0.3, 0.4) is 0 Å². The molecule has 1 atom stereocenters. The Balaban J connectivity index is 1.76. The van der Waals surface area contributed by atoms with Gasteiger partial charge in [-0.15, -0.1) is 0 Å². The van der Waals surface area contributed by atoms with E-state index < -0.39 is 0 Å². The molecular formula is C17H21N3. The normalized spacial score (nSPS) is 16.4. The summed E-state index contributed by atoms with van der Waals surface area (Å²) in [6, 6.07) is 13.0. The third kappa shape index (κ3) is 2.68. The molecule has 0 fully saturated rings. The molecule has 1 aromatic heterocycles. The number of nitrogens with zero attached hydrogens (tertiary/aromatic N) is 2. The summed E-state index contributed by atoms with van der Waals surface area (Å²) in [7, 11) is 0. The van der Waals surface area contributed by atoms with Gasteiger partial charge in [-0.25, -0.2) is 4.98 Å². The van der Waals surface area contributed by atoms with Gasteiger partial charge in [-0.05, 0) is 42.5 Å². The van der Waals surface area contributed by atoms with Gasteiger partial charge < -0.3 is 10.6 Å². The van der Waals surface area contributed by atoms with Crippen LogP contribution in [-0.4, -0.2) is 18.1 Å². The minimum absolute atomic E-state index is 0.0462. The first kappa shape index (κ1) is 13.1. The standard InChI is InChI=1S/C17H21N3/c1-13(18)16-6-7-17(19-12-16)20-10-8-14-4-2-3-5-15(14)9-11-20/h2-7,12-13H,8-11,18H2,1H3/t13-/m1/s1. The number of anilines is 1. The van der Waals surface area contributed by atoms with Crippen molar-refractivity contribution in [3.05, 3.63) is 59.3 Å². The Labute approximate surface area is 120 Å². The predicted molar refractivity (Wildman–Crippen MR) is 82.9 cm³/mol. The highest BCUT2D eigenvalue weighted by Crippen LogP contribution is 2.20. The van der Waals surface area contributed by atoms with E-state index in [1.807, 2.05) is 13.1 Å². The molecule has 2 N–H and O–H groups in total. The van der Waals surface area contributed by atoms with E-state index in [1.165, 1.54) is 11.1 Å². The van der Waals surface area contributed by atoms with E-state index in [-0.39, 0.29) is 6.04 Å². The SMILES string of the molecule is C[C@@H](N)c1ccc(N2CCc3ccccc3CC2)nc1. The number of hydrogen-bond acceptors (Lipinski definition) is 3. The van der Waals surface area contributed by atoms with Gasteiger partial charge in [0.15, 0.2) is 0 Å². The molecule has 0 spiro atoms. The second kappa shape index (κ2) is 5.63. The largest absolute Gasteiger partial charge is 0.356 e. The zero-order valence-corrected chi connectivity index (χ0v) is 11.9. The molecule has 20 heavy (non-hydrogen) atoms. The fourth-order valence-corrected chi connectivity index (χ4v) is 2.75. The topological polar surface area (TPSA) is 42.1 Å². The van der Waals surface area contributed by atoms with Crippen molar-refractivity contribution < 1.29 is 0 Å². The van der Waals surface area contributed by atoms with Crippen molar-refractivity contribution in [3.8, 4) is 0 Å². The Hall–Kier alpha value is -1.87. The lowest BCUT2D eigenvalue weighted by atomic mass is 10.0. The van der Waals surface area contributed by atoms with E-state index in [1.54, 1.807) is 0 Å². The van der Waals surface area contributed by atoms with E-state index in [4.69, 9.17) is 5.73 Å². The Morgan fingerprint density at radius 1 is 1.05 bits per heavy atom. The van der Waals surface area contributed by atoms with Crippen LogP contribution >= 0.6 is 0 Å². The Kier molecular flexibility index (Phi) is 3.70. The fourth-order valence-electron chi connectivity index (χ4n) is 2.75. The molecule has 0 amide bonds. The van der Waals surface area contributed by atoms with E-state index >= 15 is 0 Å². The molecule has 2 aromatic rings. The van der Waals surface area contributed by atoms with Gasteiger partial charge in [0.25, 0.3) is 0 Å². The fraction of sp³-hybridized carbons (Fsp3) is 0.353. The van der Waals surface area contributed by atoms with Crippen LogP contribution in [-0.2, 0) is 12.8 Å². The van der Waals surface area contributed by atoms with Crippen molar-refractivity contribution in [2.45, 2.75) is 25.8 Å². The molecule has 3 rings (SSSR count). The molecule has 1 aliphatic rings. The summed E-state index contributed by atoms with van der Waals surface area (Å²) in [5.41, 5.74) is 9.91. The average Bonchev–Trinajstić information content (AvgIpc) is 2.70. The molecule has 0 bridgehead atoms. The van der Waals surface area contributed by atoms with Crippen LogP contribution in [0.4, 0.5) is 5.82 Å². The molecule has 1 aromatic carbocycles. The molecule has 0 saturated heterocycles. The van der Waals surface area contributed by atoms with Gasteiger partial charge in [-0.3, -0.25) is 0 Å². The van der Waals surface area contributed by atoms with E-state index in [9.17, 15) is 0 Å². The molecule has 0 unspecified atom stereocenters. The second-order valence-electron chi connectivity index (χ2n) is 5.49. The summed E-state index contributed by atoms with van der Waals surface area (Å²) in [6.45, 7) is 4.04. The quantitative estimate of drug-likeness (QED) is 0.909. The van der Waals surface area contributed by atoms with E-state index in [0.717, 1.165) is 37.3 Å². The molecule has 3 nitrogen and oxygen atoms in total. The molecule has 0 saturated carbocycles. The lowest BCUT2D eigenvalue weighted by molar-refractivity contribution is 0.779. The number of rotatable bonds is 2.